The first-order chi connectivity index (χ1) is 4.33. The third-order valence-electron chi connectivity index (χ3n) is 3.04. The van der Waals surface area contributed by atoms with Gasteiger partial charge in [-0.1, -0.05) is 13.8 Å². The van der Waals surface area contributed by atoms with Crippen molar-refractivity contribution < 1.29 is 0 Å². The monoisotopic (exact) mass is 125 g/mol. The van der Waals surface area contributed by atoms with Crippen molar-refractivity contribution >= 4 is 0 Å². The van der Waals surface area contributed by atoms with Gasteiger partial charge in [-0.2, -0.15) is 0 Å². The molecular weight excluding hydrogens is 110 g/mol. The molecule has 2 fully saturated rings. The summed E-state index contributed by atoms with van der Waals surface area (Å²) in [5, 5.41) is 3.63. The highest BCUT2D eigenvalue weighted by Crippen LogP contribution is 2.47. The molecule has 9 heavy (non-hydrogen) atoms. The van der Waals surface area contributed by atoms with Crippen LogP contribution in [0, 0.1) is 11.8 Å². The summed E-state index contributed by atoms with van der Waals surface area (Å²) in [5.74, 6) is 2.04. The maximum absolute atomic E-state index is 3.63. The van der Waals surface area contributed by atoms with Gasteiger partial charge in [0.05, 0.1) is 0 Å². The highest BCUT2D eigenvalue weighted by Gasteiger charge is 2.52. The van der Waals surface area contributed by atoms with E-state index in [0.29, 0.717) is 0 Å². The van der Waals surface area contributed by atoms with Crippen LogP contribution in [-0.2, 0) is 0 Å². The van der Waals surface area contributed by atoms with Gasteiger partial charge in [0.15, 0.2) is 0 Å². The lowest BCUT2D eigenvalue weighted by Gasteiger charge is -2.10. The lowest BCUT2D eigenvalue weighted by Crippen LogP contribution is -2.26. The molecule has 1 heterocycles. The molecule has 1 aliphatic heterocycles. The van der Waals surface area contributed by atoms with Crippen molar-refractivity contribution in [1.82, 2.24) is 5.32 Å². The Kier molecular flexibility index (Phi) is 1.10. The first-order valence-corrected chi connectivity index (χ1v) is 4.09. The molecule has 1 saturated heterocycles. The Balaban J connectivity index is 1.89. The molecule has 1 N–H and O–H groups in total. The topological polar surface area (TPSA) is 12.0 Å². The van der Waals surface area contributed by atoms with E-state index in [1.807, 2.05) is 0 Å². The first kappa shape index (κ1) is 5.72. The summed E-state index contributed by atoms with van der Waals surface area (Å²) >= 11 is 0. The summed E-state index contributed by atoms with van der Waals surface area (Å²) in [5.41, 5.74) is 0. The average molecular weight is 125 g/mol. The van der Waals surface area contributed by atoms with Crippen molar-refractivity contribution in [3.05, 3.63) is 0 Å². The fourth-order valence-corrected chi connectivity index (χ4v) is 2.14. The molecule has 0 aromatic rings. The molecule has 0 bridgehead atoms. The molecule has 2 aliphatic rings. The second-order valence-electron chi connectivity index (χ2n) is 3.56. The number of rotatable bonds is 1. The Hall–Kier alpha value is -0.0400. The maximum Gasteiger partial charge on any atom is 0.0130 e. The van der Waals surface area contributed by atoms with E-state index >= 15 is 0 Å². The van der Waals surface area contributed by atoms with Gasteiger partial charge in [-0.25, -0.2) is 0 Å². The van der Waals surface area contributed by atoms with Crippen LogP contribution in [0.3, 0.4) is 0 Å². The van der Waals surface area contributed by atoms with E-state index in [9.17, 15) is 0 Å². The zero-order valence-corrected chi connectivity index (χ0v) is 6.22. The smallest absolute Gasteiger partial charge is 0.0130 e. The molecule has 1 nitrogen and oxygen atoms in total. The lowest BCUT2D eigenvalue weighted by molar-refractivity contribution is 0.485. The van der Waals surface area contributed by atoms with Gasteiger partial charge in [0, 0.05) is 12.1 Å². The second kappa shape index (κ2) is 1.72. The van der Waals surface area contributed by atoms with E-state index in [1.54, 1.807) is 0 Å². The summed E-state index contributed by atoms with van der Waals surface area (Å²) in [7, 11) is 0. The molecule has 0 aromatic heterocycles. The van der Waals surface area contributed by atoms with E-state index in [2.05, 4.69) is 19.2 Å². The van der Waals surface area contributed by atoms with E-state index in [-0.39, 0.29) is 0 Å². The summed E-state index contributed by atoms with van der Waals surface area (Å²) in [6.07, 6.45) is 2.77. The predicted octanol–water partition coefficient (Wildman–Crippen LogP) is 1.39. The van der Waals surface area contributed by atoms with Gasteiger partial charge >= 0.3 is 0 Å². The molecule has 2 rings (SSSR count). The van der Waals surface area contributed by atoms with Crippen molar-refractivity contribution in [3.8, 4) is 0 Å². The SMILES string of the molecule is CCC1CC2C(C)C2N1. The summed E-state index contributed by atoms with van der Waals surface area (Å²) < 4.78 is 0. The van der Waals surface area contributed by atoms with E-state index < -0.39 is 0 Å². The van der Waals surface area contributed by atoms with Crippen LogP contribution in [0.1, 0.15) is 26.7 Å². The number of piperidine rings is 1. The Morgan fingerprint density at radius 2 is 2.33 bits per heavy atom. The van der Waals surface area contributed by atoms with Crippen LogP contribution in [0.4, 0.5) is 0 Å². The predicted molar refractivity (Wildman–Crippen MR) is 38.3 cm³/mol. The van der Waals surface area contributed by atoms with Crippen LogP contribution >= 0.6 is 0 Å². The molecule has 4 atom stereocenters. The van der Waals surface area contributed by atoms with Crippen LogP contribution in [0.25, 0.3) is 0 Å². The highest BCUT2D eigenvalue weighted by atomic mass is 15.1. The number of hydrogen-bond acceptors (Lipinski definition) is 1. The molecule has 0 spiro atoms. The fourth-order valence-electron chi connectivity index (χ4n) is 2.14. The molecule has 1 saturated carbocycles. The second-order valence-corrected chi connectivity index (χ2v) is 3.56. The van der Waals surface area contributed by atoms with Gasteiger partial charge in [0.1, 0.15) is 0 Å². The fraction of sp³-hybridized carbons (Fsp3) is 1.00. The Bertz CT molecular complexity index is 110. The third-order valence-corrected chi connectivity index (χ3v) is 3.04. The molecule has 0 aromatic carbocycles. The zero-order valence-electron chi connectivity index (χ0n) is 6.22. The third kappa shape index (κ3) is 0.710. The maximum atomic E-state index is 3.63. The summed E-state index contributed by atoms with van der Waals surface area (Å²) in [6, 6.07) is 1.77. The number of hydrogen-bond donors (Lipinski definition) is 1. The van der Waals surface area contributed by atoms with Crippen molar-refractivity contribution in [1.29, 1.82) is 0 Å². The van der Waals surface area contributed by atoms with Crippen LogP contribution in [0.2, 0.25) is 0 Å². The van der Waals surface area contributed by atoms with Gasteiger partial charge in [0.2, 0.25) is 0 Å². The summed E-state index contributed by atoms with van der Waals surface area (Å²) in [4.78, 5) is 0. The van der Waals surface area contributed by atoms with Gasteiger partial charge in [-0.05, 0) is 24.7 Å². The highest BCUT2D eigenvalue weighted by molar-refractivity contribution is 5.08. The van der Waals surface area contributed by atoms with E-state index in [0.717, 1.165) is 23.9 Å². The van der Waals surface area contributed by atoms with Crippen LogP contribution in [0.5, 0.6) is 0 Å². The molecular formula is C8H15N. The minimum absolute atomic E-state index is 0.858. The van der Waals surface area contributed by atoms with Crippen LogP contribution in [0.15, 0.2) is 0 Å². The van der Waals surface area contributed by atoms with Crippen molar-refractivity contribution in [3.63, 3.8) is 0 Å². The molecule has 52 valence electrons. The average Bonchev–Trinajstić information content (AvgIpc) is 2.32. The van der Waals surface area contributed by atoms with Crippen molar-refractivity contribution in [2.45, 2.75) is 38.8 Å². The number of fused-ring (bicyclic) bond motifs is 1. The van der Waals surface area contributed by atoms with Crippen molar-refractivity contribution in [2.24, 2.45) is 11.8 Å². The van der Waals surface area contributed by atoms with Gasteiger partial charge < -0.3 is 5.32 Å². The number of nitrogens with one attached hydrogen (secondary N) is 1. The van der Waals surface area contributed by atoms with Crippen LogP contribution < -0.4 is 5.32 Å². The minimum atomic E-state index is 0.858. The quantitative estimate of drug-likeness (QED) is 0.558. The Morgan fingerprint density at radius 1 is 1.56 bits per heavy atom. The lowest BCUT2D eigenvalue weighted by atomic mass is 10.1. The zero-order chi connectivity index (χ0) is 6.43. The molecule has 1 heteroatoms. The van der Waals surface area contributed by atoms with Gasteiger partial charge in [-0.3, -0.25) is 0 Å². The first-order valence-electron chi connectivity index (χ1n) is 4.09. The molecule has 0 amide bonds. The molecule has 4 unspecified atom stereocenters. The Morgan fingerprint density at radius 3 is 2.78 bits per heavy atom. The van der Waals surface area contributed by atoms with Crippen LogP contribution in [-0.4, -0.2) is 12.1 Å². The summed E-state index contributed by atoms with van der Waals surface area (Å²) in [6.45, 7) is 4.63. The Labute approximate surface area is 56.8 Å². The van der Waals surface area contributed by atoms with Gasteiger partial charge in [0.25, 0.3) is 0 Å². The largest absolute Gasteiger partial charge is 0.311 e. The normalized spacial score (nSPS) is 55.3. The van der Waals surface area contributed by atoms with Gasteiger partial charge in [-0.15, -0.1) is 0 Å². The standard InChI is InChI=1S/C8H15N/c1-3-6-4-7-5(2)8(7)9-6/h5-9H,3-4H2,1-2H3. The van der Waals surface area contributed by atoms with E-state index in [4.69, 9.17) is 0 Å². The molecule has 1 aliphatic carbocycles. The van der Waals surface area contributed by atoms with Crippen molar-refractivity contribution in [2.75, 3.05) is 0 Å². The van der Waals surface area contributed by atoms with E-state index in [1.165, 1.54) is 12.8 Å². The minimum Gasteiger partial charge on any atom is -0.311 e. The molecule has 0 radical (unpaired) electrons.